The van der Waals surface area contributed by atoms with Crippen LogP contribution in [0.15, 0.2) is 48.7 Å². The molecule has 0 bridgehead atoms. The van der Waals surface area contributed by atoms with Crippen molar-refractivity contribution < 1.29 is 9.18 Å². The molecule has 152 valence electrons. The highest BCUT2D eigenvalue weighted by molar-refractivity contribution is 5.75. The van der Waals surface area contributed by atoms with Crippen LogP contribution >= 0.6 is 0 Å². The van der Waals surface area contributed by atoms with Crippen LogP contribution in [0.4, 0.5) is 4.39 Å². The van der Waals surface area contributed by atoms with E-state index >= 15 is 4.39 Å². The Balaban J connectivity index is 1.56. The number of amides is 1. The molecule has 1 aliphatic carbocycles. The third-order valence-electron chi connectivity index (χ3n) is 5.60. The zero-order valence-corrected chi connectivity index (χ0v) is 16.7. The molecule has 1 N–H and O–H groups in total. The zero-order chi connectivity index (χ0) is 21.1. The lowest BCUT2D eigenvalue weighted by Gasteiger charge is -2.15. The molecule has 30 heavy (non-hydrogen) atoms. The number of carbonyl (C=O) groups excluding carboxylic acids is 1. The van der Waals surface area contributed by atoms with E-state index in [4.69, 9.17) is 5.26 Å². The van der Waals surface area contributed by atoms with E-state index in [-0.39, 0.29) is 23.8 Å². The number of hydrogen-bond acceptors (Lipinski definition) is 4. The first-order valence-corrected chi connectivity index (χ1v) is 10.1. The summed E-state index contributed by atoms with van der Waals surface area (Å²) in [6.45, 7) is 1.83. The Morgan fingerprint density at radius 3 is 2.70 bits per heavy atom. The summed E-state index contributed by atoms with van der Waals surface area (Å²) < 4.78 is 16.8. The Morgan fingerprint density at radius 1 is 1.23 bits per heavy atom. The molecule has 0 aliphatic heterocycles. The van der Waals surface area contributed by atoms with Crippen molar-refractivity contribution in [1.29, 1.82) is 5.26 Å². The van der Waals surface area contributed by atoms with Crippen LogP contribution in [0.3, 0.4) is 0 Å². The fourth-order valence-electron chi connectivity index (χ4n) is 3.99. The fraction of sp³-hybridized carbons (Fsp3) is 0.304. The van der Waals surface area contributed by atoms with Crippen molar-refractivity contribution in [3.05, 3.63) is 60.0 Å². The second kappa shape index (κ2) is 8.46. The molecule has 0 radical (unpaired) electrons. The van der Waals surface area contributed by atoms with Crippen molar-refractivity contribution in [2.24, 2.45) is 0 Å². The number of halogens is 1. The quantitative estimate of drug-likeness (QED) is 0.691. The highest BCUT2D eigenvalue weighted by Crippen LogP contribution is 2.34. The maximum absolute atomic E-state index is 15.0. The Kier molecular flexibility index (Phi) is 5.57. The smallest absolute Gasteiger partial charge is 0.219 e. The van der Waals surface area contributed by atoms with Crippen LogP contribution in [-0.4, -0.2) is 26.9 Å². The maximum Gasteiger partial charge on any atom is 0.219 e. The number of rotatable bonds is 5. The third-order valence-corrected chi connectivity index (χ3v) is 5.60. The monoisotopic (exact) mass is 403 g/mol. The summed E-state index contributed by atoms with van der Waals surface area (Å²) in [5.41, 5.74) is 3.22. The van der Waals surface area contributed by atoms with Crippen LogP contribution in [0, 0.1) is 17.1 Å². The normalized spacial score (nSPS) is 18.2. The third kappa shape index (κ3) is 3.94. The lowest BCUT2D eigenvalue weighted by molar-refractivity contribution is -0.121. The summed E-state index contributed by atoms with van der Waals surface area (Å²) in [6.07, 6.45) is 4.53. The van der Waals surface area contributed by atoms with Crippen molar-refractivity contribution >= 4 is 5.91 Å². The Labute approximate surface area is 174 Å². The molecule has 1 amide bonds. The summed E-state index contributed by atoms with van der Waals surface area (Å²) in [6, 6.07) is 14.4. The summed E-state index contributed by atoms with van der Waals surface area (Å²) in [5.74, 6) is -0.307. The molecule has 2 aromatic carbocycles. The molecule has 1 saturated carbocycles. The fourth-order valence-corrected chi connectivity index (χ4v) is 3.99. The van der Waals surface area contributed by atoms with Crippen molar-refractivity contribution in [1.82, 2.24) is 20.3 Å². The predicted octanol–water partition coefficient (Wildman–Crippen LogP) is 4.24. The van der Waals surface area contributed by atoms with E-state index in [1.54, 1.807) is 29.1 Å². The van der Waals surface area contributed by atoms with Crippen LogP contribution in [0.1, 0.15) is 44.2 Å². The first-order valence-electron chi connectivity index (χ1n) is 10.1. The average molecular weight is 403 g/mol. The van der Waals surface area contributed by atoms with Gasteiger partial charge in [-0.1, -0.05) is 30.3 Å². The molecule has 0 unspecified atom stereocenters. The Hall–Kier alpha value is -3.53. The maximum atomic E-state index is 15.0. The number of hydrogen-bond donors (Lipinski definition) is 1. The van der Waals surface area contributed by atoms with Gasteiger partial charge >= 0.3 is 0 Å². The molecule has 6 nitrogen and oxygen atoms in total. The summed E-state index contributed by atoms with van der Waals surface area (Å²) in [4.78, 5) is 11.7. The van der Waals surface area contributed by atoms with Crippen LogP contribution < -0.4 is 5.32 Å². The Morgan fingerprint density at radius 2 is 2.00 bits per heavy atom. The average Bonchev–Trinajstić information content (AvgIpc) is 3.43. The molecule has 1 fully saturated rings. The van der Waals surface area contributed by atoms with Crippen LogP contribution in [0.25, 0.3) is 22.4 Å². The first kappa shape index (κ1) is 19.8. The highest BCUT2D eigenvalue weighted by atomic mass is 19.1. The molecule has 0 saturated heterocycles. The zero-order valence-electron chi connectivity index (χ0n) is 16.7. The summed E-state index contributed by atoms with van der Waals surface area (Å²) in [7, 11) is 0. The van der Waals surface area contributed by atoms with Gasteiger partial charge < -0.3 is 5.32 Å². The predicted molar refractivity (Wildman–Crippen MR) is 111 cm³/mol. The minimum Gasteiger partial charge on any atom is -0.353 e. The van der Waals surface area contributed by atoms with Crippen molar-refractivity contribution in [3.8, 4) is 28.5 Å². The van der Waals surface area contributed by atoms with Crippen molar-refractivity contribution in [3.63, 3.8) is 0 Å². The van der Waals surface area contributed by atoms with Crippen LogP contribution in [0.2, 0.25) is 0 Å². The molecular weight excluding hydrogens is 381 g/mol. The topological polar surface area (TPSA) is 83.6 Å². The molecule has 7 heteroatoms. The van der Waals surface area contributed by atoms with E-state index in [9.17, 15) is 4.79 Å². The van der Waals surface area contributed by atoms with E-state index in [2.05, 4.69) is 21.7 Å². The number of nitrogens with one attached hydrogen (secondary N) is 1. The van der Waals surface area contributed by atoms with E-state index in [0.29, 0.717) is 23.2 Å². The number of aromatic nitrogens is 3. The molecule has 3 aromatic rings. The van der Waals surface area contributed by atoms with Crippen LogP contribution in [0.5, 0.6) is 0 Å². The second-order valence-electron chi connectivity index (χ2n) is 7.53. The van der Waals surface area contributed by atoms with Gasteiger partial charge in [0, 0.05) is 18.0 Å². The van der Waals surface area contributed by atoms with Crippen LogP contribution in [-0.2, 0) is 4.79 Å². The van der Waals surface area contributed by atoms with Gasteiger partial charge in [-0.05, 0) is 54.7 Å². The van der Waals surface area contributed by atoms with Gasteiger partial charge in [0.15, 0.2) is 0 Å². The highest BCUT2D eigenvalue weighted by Gasteiger charge is 2.29. The van der Waals surface area contributed by atoms with E-state index < -0.39 is 0 Å². The van der Waals surface area contributed by atoms with Gasteiger partial charge in [0.2, 0.25) is 5.91 Å². The molecular formula is C23H22FN5O. The molecule has 1 aliphatic rings. The number of nitriles is 1. The van der Waals surface area contributed by atoms with Crippen molar-refractivity contribution in [2.75, 3.05) is 0 Å². The molecule has 1 aromatic heterocycles. The second-order valence-corrected chi connectivity index (χ2v) is 7.53. The summed E-state index contributed by atoms with van der Waals surface area (Å²) in [5, 5.41) is 20.2. The minimum atomic E-state index is -0.353. The van der Waals surface area contributed by atoms with Gasteiger partial charge in [0.05, 0.1) is 29.6 Å². The van der Waals surface area contributed by atoms with Gasteiger partial charge in [-0.25, -0.2) is 9.07 Å². The van der Waals surface area contributed by atoms with Gasteiger partial charge in [-0.15, -0.1) is 5.10 Å². The number of carbonyl (C=O) groups is 1. The SMILES string of the molecule is CCC(=O)N[C@H]1CC[C@@H](n2nncc2-c2ccc(-c3ccc(C#N)cc3)cc2F)C1. The minimum absolute atomic E-state index is 0.0453. The number of nitrogens with zero attached hydrogens (tertiary/aromatic N) is 4. The van der Waals surface area contributed by atoms with Gasteiger partial charge in [-0.3, -0.25) is 4.79 Å². The summed E-state index contributed by atoms with van der Waals surface area (Å²) >= 11 is 0. The lowest BCUT2D eigenvalue weighted by atomic mass is 10.0. The largest absolute Gasteiger partial charge is 0.353 e. The molecule has 1 heterocycles. The van der Waals surface area contributed by atoms with Gasteiger partial charge in [-0.2, -0.15) is 5.26 Å². The van der Waals surface area contributed by atoms with E-state index in [1.807, 2.05) is 25.1 Å². The van der Waals surface area contributed by atoms with E-state index in [0.717, 1.165) is 30.4 Å². The Bertz CT molecular complexity index is 1100. The van der Waals surface area contributed by atoms with E-state index in [1.165, 1.54) is 6.07 Å². The van der Waals surface area contributed by atoms with Gasteiger partial charge in [0.1, 0.15) is 5.82 Å². The standard InChI is InChI=1S/C23H22FN5O/c1-2-23(30)27-18-8-9-19(12-18)29-22(14-26-28-29)20-10-7-17(11-21(20)24)16-5-3-15(13-25)4-6-16/h3-7,10-11,14,18-19H,2,8-9,12H2,1H3,(H,27,30)/t18-,19+/m0/s1. The first-order chi connectivity index (χ1) is 14.6. The molecule has 0 spiro atoms. The molecule has 2 atom stereocenters. The molecule has 4 rings (SSSR count). The van der Waals surface area contributed by atoms with Gasteiger partial charge in [0.25, 0.3) is 0 Å². The lowest BCUT2D eigenvalue weighted by Crippen LogP contribution is -2.32. The number of benzene rings is 2. The van der Waals surface area contributed by atoms with Crippen molar-refractivity contribution in [2.45, 2.75) is 44.7 Å².